The first-order valence-electron chi connectivity index (χ1n) is 8.55. The van der Waals surface area contributed by atoms with E-state index in [2.05, 4.69) is 4.90 Å². The second kappa shape index (κ2) is 7.34. The number of rotatable bonds is 7. The first-order valence-corrected chi connectivity index (χ1v) is 9.99. The van der Waals surface area contributed by atoms with E-state index in [0.29, 0.717) is 31.4 Å². The van der Waals surface area contributed by atoms with Gasteiger partial charge >= 0.3 is 0 Å². The van der Waals surface area contributed by atoms with Crippen LogP contribution in [0.25, 0.3) is 0 Å². The zero-order valence-corrected chi connectivity index (χ0v) is 14.3. The van der Waals surface area contributed by atoms with Crippen LogP contribution in [-0.4, -0.2) is 55.0 Å². The Bertz CT molecular complexity index is 607. The van der Waals surface area contributed by atoms with Crippen LogP contribution in [0.15, 0.2) is 21.6 Å². The van der Waals surface area contributed by atoms with Gasteiger partial charge in [-0.2, -0.15) is 4.31 Å². The number of hydrogen-bond acceptors (Lipinski definition) is 5. The Kier molecular flexibility index (Phi) is 5.41. The highest BCUT2D eigenvalue weighted by atomic mass is 32.2. The van der Waals surface area contributed by atoms with Gasteiger partial charge in [-0.1, -0.05) is 0 Å². The third-order valence-corrected chi connectivity index (χ3v) is 6.62. The summed E-state index contributed by atoms with van der Waals surface area (Å²) in [5.74, 6) is 0.707. The molecule has 2 aliphatic rings. The normalized spacial score (nSPS) is 23.8. The van der Waals surface area contributed by atoms with Gasteiger partial charge < -0.3 is 9.52 Å². The Hall–Kier alpha value is -0.890. The Balaban J connectivity index is 1.65. The lowest BCUT2D eigenvalue weighted by Crippen LogP contribution is -2.29. The molecule has 1 atom stereocenters. The third-order valence-electron chi connectivity index (χ3n) is 4.85. The molecule has 0 spiro atoms. The van der Waals surface area contributed by atoms with Crippen LogP contribution in [0, 0.1) is 0 Å². The topological polar surface area (TPSA) is 74.0 Å². The van der Waals surface area contributed by atoms with E-state index in [9.17, 15) is 8.42 Å². The SMILES string of the molecule is O=S(=O)(c1ccc(CN2CCCC2CCCO)o1)N1CCCC1. The van der Waals surface area contributed by atoms with Gasteiger partial charge in [0.05, 0.1) is 6.54 Å². The van der Waals surface area contributed by atoms with Gasteiger partial charge in [0, 0.05) is 25.7 Å². The van der Waals surface area contributed by atoms with E-state index in [0.717, 1.165) is 45.1 Å². The lowest BCUT2D eigenvalue weighted by Gasteiger charge is -2.23. The fraction of sp³-hybridized carbons (Fsp3) is 0.750. The van der Waals surface area contributed by atoms with Gasteiger partial charge in [-0.3, -0.25) is 4.90 Å². The molecular weight excluding hydrogens is 316 g/mol. The average Bonchev–Trinajstić information content (AvgIpc) is 3.28. The van der Waals surface area contributed by atoms with Crippen molar-refractivity contribution in [1.82, 2.24) is 9.21 Å². The van der Waals surface area contributed by atoms with Crippen molar-refractivity contribution in [3.05, 3.63) is 17.9 Å². The third kappa shape index (κ3) is 3.79. The molecule has 1 aromatic rings. The molecule has 1 N–H and O–H groups in total. The molecule has 6 nitrogen and oxygen atoms in total. The lowest BCUT2D eigenvalue weighted by atomic mass is 10.1. The number of aliphatic hydroxyl groups is 1. The fourth-order valence-corrected chi connectivity index (χ4v) is 5.04. The van der Waals surface area contributed by atoms with Crippen molar-refractivity contribution >= 4 is 10.0 Å². The van der Waals surface area contributed by atoms with Gasteiger partial charge in [0.15, 0.2) is 0 Å². The molecular formula is C16H26N2O4S. The van der Waals surface area contributed by atoms with Crippen LogP contribution < -0.4 is 0 Å². The molecule has 130 valence electrons. The highest BCUT2D eigenvalue weighted by Crippen LogP contribution is 2.26. The zero-order valence-electron chi connectivity index (χ0n) is 13.5. The second-order valence-electron chi connectivity index (χ2n) is 6.46. The minimum Gasteiger partial charge on any atom is -0.447 e. The monoisotopic (exact) mass is 342 g/mol. The first-order chi connectivity index (χ1) is 11.1. The lowest BCUT2D eigenvalue weighted by molar-refractivity contribution is 0.194. The summed E-state index contributed by atoms with van der Waals surface area (Å²) in [6, 6.07) is 3.83. The minimum atomic E-state index is -3.46. The Labute approximate surface area is 138 Å². The van der Waals surface area contributed by atoms with Crippen molar-refractivity contribution in [1.29, 1.82) is 0 Å². The molecule has 3 heterocycles. The second-order valence-corrected chi connectivity index (χ2v) is 8.33. The number of sulfonamides is 1. The summed E-state index contributed by atoms with van der Waals surface area (Å²) in [5, 5.41) is 9.06. The molecule has 0 aliphatic carbocycles. The standard InChI is InChI=1S/C16H26N2O4S/c19-12-4-6-14-5-3-9-17(14)13-15-7-8-16(22-15)23(20,21)18-10-1-2-11-18/h7-8,14,19H,1-6,9-13H2. The molecule has 23 heavy (non-hydrogen) atoms. The van der Waals surface area contributed by atoms with Gasteiger partial charge in [0.1, 0.15) is 5.76 Å². The molecule has 2 fully saturated rings. The maximum atomic E-state index is 12.5. The van der Waals surface area contributed by atoms with Crippen LogP contribution in [0.5, 0.6) is 0 Å². The molecule has 1 unspecified atom stereocenters. The van der Waals surface area contributed by atoms with E-state index in [4.69, 9.17) is 9.52 Å². The molecule has 0 saturated carbocycles. The van der Waals surface area contributed by atoms with Gasteiger partial charge in [-0.25, -0.2) is 8.42 Å². The predicted octanol–water partition coefficient (Wildman–Crippen LogP) is 1.80. The number of furan rings is 1. The van der Waals surface area contributed by atoms with Crippen LogP contribution >= 0.6 is 0 Å². The van der Waals surface area contributed by atoms with Gasteiger partial charge in [0.2, 0.25) is 5.09 Å². The highest BCUT2D eigenvalue weighted by molar-refractivity contribution is 7.89. The largest absolute Gasteiger partial charge is 0.447 e. The number of hydrogen-bond donors (Lipinski definition) is 1. The molecule has 0 aromatic carbocycles. The molecule has 0 amide bonds. The van der Waals surface area contributed by atoms with Crippen LogP contribution in [0.2, 0.25) is 0 Å². The van der Waals surface area contributed by atoms with Gasteiger partial charge in [-0.05, 0) is 57.2 Å². The van der Waals surface area contributed by atoms with Gasteiger partial charge in [-0.15, -0.1) is 0 Å². The van der Waals surface area contributed by atoms with E-state index in [1.165, 1.54) is 4.31 Å². The predicted molar refractivity (Wildman–Crippen MR) is 86.5 cm³/mol. The van der Waals surface area contributed by atoms with Crippen molar-refractivity contribution in [2.24, 2.45) is 0 Å². The summed E-state index contributed by atoms with van der Waals surface area (Å²) >= 11 is 0. The Morgan fingerprint density at radius 2 is 1.96 bits per heavy atom. The minimum absolute atomic E-state index is 0.0699. The summed E-state index contributed by atoms with van der Waals surface area (Å²) in [7, 11) is -3.46. The molecule has 7 heteroatoms. The maximum Gasteiger partial charge on any atom is 0.276 e. The number of nitrogens with zero attached hydrogens (tertiary/aromatic N) is 2. The molecule has 0 radical (unpaired) electrons. The van der Waals surface area contributed by atoms with Crippen molar-refractivity contribution in [3.63, 3.8) is 0 Å². The van der Waals surface area contributed by atoms with Crippen LogP contribution in [0.3, 0.4) is 0 Å². The number of likely N-dealkylation sites (tertiary alicyclic amines) is 1. The summed E-state index contributed by atoms with van der Waals surface area (Å²) < 4.78 is 32.1. The first kappa shape index (κ1) is 17.0. The maximum absolute atomic E-state index is 12.5. The van der Waals surface area contributed by atoms with E-state index in [1.807, 2.05) is 0 Å². The summed E-state index contributed by atoms with van der Waals surface area (Å²) in [6.07, 6.45) is 5.93. The summed E-state index contributed by atoms with van der Waals surface area (Å²) in [5.41, 5.74) is 0. The van der Waals surface area contributed by atoms with Crippen LogP contribution in [0.1, 0.15) is 44.3 Å². The highest BCUT2D eigenvalue weighted by Gasteiger charge is 2.31. The Morgan fingerprint density at radius 3 is 2.70 bits per heavy atom. The zero-order chi connectivity index (χ0) is 16.3. The van der Waals surface area contributed by atoms with Crippen LogP contribution in [0.4, 0.5) is 0 Å². The van der Waals surface area contributed by atoms with Crippen molar-refractivity contribution in [2.75, 3.05) is 26.2 Å². The van der Waals surface area contributed by atoms with E-state index < -0.39 is 10.0 Å². The molecule has 0 bridgehead atoms. The number of aliphatic hydroxyl groups excluding tert-OH is 1. The van der Waals surface area contributed by atoms with Crippen molar-refractivity contribution in [3.8, 4) is 0 Å². The van der Waals surface area contributed by atoms with Gasteiger partial charge in [0.25, 0.3) is 10.0 Å². The Morgan fingerprint density at radius 1 is 1.17 bits per heavy atom. The van der Waals surface area contributed by atoms with E-state index in [1.54, 1.807) is 12.1 Å². The molecule has 3 rings (SSSR count). The average molecular weight is 342 g/mol. The summed E-state index contributed by atoms with van der Waals surface area (Å²) in [4.78, 5) is 2.33. The molecule has 2 saturated heterocycles. The van der Waals surface area contributed by atoms with Crippen LogP contribution in [-0.2, 0) is 16.6 Å². The molecule has 2 aliphatic heterocycles. The van der Waals surface area contributed by atoms with E-state index in [-0.39, 0.29) is 11.7 Å². The smallest absolute Gasteiger partial charge is 0.276 e. The molecule has 1 aromatic heterocycles. The summed E-state index contributed by atoms with van der Waals surface area (Å²) in [6.45, 7) is 3.06. The fourth-order valence-electron chi connectivity index (χ4n) is 3.59. The van der Waals surface area contributed by atoms with Crippen molar-refractivity contribution in [2.45, 2.75) is 56.2 Å². The van der Waals surface area contributed by atoms with E-state index >= 15 is 0 Å². The quantitative estimate of drug-likeness (QED) is 0.818. The van der Waals surface area contributed by atoms with Crippen molar-refractivity contribution < 1.29 is 17.9 Å².